The highest BCUT2D eigenvalue weighted by atomic mass is 16.5. The number of carbonyl (C=O) groups is 3. The fraction of sp³-hybridized carbons (Fsp3) is 0.889. The number of Topliss-reactive ketones (excluding diaryl/α,β-unsaturated/α-hetero) is 1. The molecule has 6 heteroatoms. The van der Waals surface area contributed by atoms with E-state index in [1.54, 1.807) is 0 Å². The summed E-state index contributed by atoms with van der Waals surface area (Å²) in [5.41, 5.74) is -1.02. The summed E-state index contributed by atoms with van der Waals surface area (Å²) in [6.07, 6.45) is 9.43. The molecule has 1 saturated heterocycles. The first-order valence-electron chi connectivity index (χ1n) is 13.4. The van der Waals surface area contributed by atoms with Crippen LogP contribution in [-0.2, 0) is 19.1 Å². The van der Waals surface area contributed by atoms with E-state index < -0.39 is 5.41 Å². The zero-order valence-electron chi connectivity index (χ0n) is 20.9. The SMILES string of the molecule is CCOC(=O)[C@]1(C)CCC[C@@]2(C)[C@@H]3CC[C@@]4(C)C[C@]3(CC[C@@H]21)C(=O)[C@H]4NC(=O)[C@@H]1CCCN1. The number of ether oxygens (including phenoxy) is 1. The first kappa shape index (κ1) is 23.3. The number of hydrogen-bond acceptors (Lipinski definition) is 5. The van der Waals surface area contributed by atoms with Crippen molar-refractivity contribution >= 4 is 17.7 Å². The third-order valence-electron chi connectivity index (χ3n) is 10.9. The quantitative estimate of drug-likeness (QED) is 0.627. The van der Waals surface area contributed by atoms with E-state index in [9.17, 15) is 14.4 Å². The Kier molecular flexibility index (Phi) is 5.51. The zero-order valence-corrected chi connectivity index (χ0v) is 20.9. The lowest BCUT2D eigenvalue weighted by Crippen LogP contribution is -2.60. The van der Waals surface area contributed by atoms with E-state index in [4.69, 9.17) is 4.74 Å². The highest BCUT2D eigenvalue weighted by Crippen LogP contribution is 2.72. The van der Waals surface area contributed by atoms with Crippen LogP contribution >= 0.6 is 0 Å². The largest absolute Gasteiger partial charge is 0.466 e. The molecule has 1 amide bonds. The standard InChI is InChI=1S/C27H42N2O4/c1-5-33-23(32)26(4)12-7-11-25(3)18(26)10-14-27-16-24(2,13-9-19(25)27)20(21(27)30)29-22(31)17-8-6-15-28-17/h17-20,28H,5-16H2,1-4H3,(H,29,31)/t17-,18-,19-,20+,24-,25+,26+,27-/m0/s1. The van der Waals surface area contributed by atoms with Crippen LogP contribution in [0.2, 0.25) is 0 Å². The molecule has 4 saturated carbocycles. The van der Waals surface area contributed by atoms with Gasteiger partial charge in [-0.25, -0.2) is 0 Å². The summed E-state index contributed by atoms with van der Waals surface area (Å²) in [7, 11) is 0. The van der Waals surface area contributed by atoms with Crippen molar-refractivity contribution in [1.82, 2.24) is 10.6 Å². The molecule has 33 heavy (non-hydrogen) atoms. The van der Waals surface area contributed by atoms with Crippen molar-refractivity contribution in [3.05, 3.63) is 0 Å². The predicted octanol–water partition coefficient (Wildman–Crippen LogP) is 3.77. The second kappa shape index (κ2) is 7.79. The molecular formula is C27H42N2O4. The van der Waals surface area contributed by atoms with Crippen LogP contribution in [0.25, 0.3) is 0 Å². The molecule has 184 valence electrons. The Bertz CT molecular complexity index is 853. The van der Waals surface area contributed by atoms with Crippen LogP contribution in [-0.4, -0.2) is 42.9 Å². The Balaban J connectivity index is 1.44. The Labute approximate surface area is 198 Å². The highest BCUT2D eigenvalue weighted by Gasteiger charge is 2.72. The van der Waals surface area contributed by atoms with Crippen LogP contribution in [0.4, 0.5) is 0 Å². The molecule has 5 rings (SSSR count). The van der Waals surface area contributed by atoms with E-state index in [1.807, 2.05) is 6.92 Å². The fourth-order valence-electron chi connectivity index (χ4n) is 9.45. The molecule has 1 aliphatic heterocycles. The average Bonchev–Trinajstić information content (AvgIpc) is 3.35. The summed E-state index contributed by atoms with van der Waals surface area (Å²) in [4.78, 5) is 40.3. The van der Waals surface area contributed by atoms with Gasteiger partial charge >= 0.3 is 5.97 Å². The van der Waals surface area contributed by atoms with Crippen LogP contribution < -0.4 is 10.6 Å². The second-order valence-corrected chi connectivity index (χ2v) is 12.6. The van der Waals surface area contributed by atoms with Gasteiger partial charge in [-0.2, -0.15) is 0 Å². The van der Waals surface area contributed by atoms with Crippen LogP contribution in [0.15, 0.2) is 0 Å². The maximum atomic E-state index is 14.2. The number of fused-ring (bicyclic) bond motifs is 3. The number of rotatable bonds is 4. The average molecular weight is 459 g/mol. The minimum atomic E-state index is -0.464. The van der Waals surface area contributed by atoms with Crippen molar-refractivity contribution in [3.8, 4) is 0 Å². The lowest BCUT2D eigenvalue weighted by Gasteiger charge is -2.63. The van der Waals surface area contributed by atoms with Gasteiger partial charge in [-0.1, -0.05) is 20.3 Å². The van der Waals surface area contributed by atoms with Gasteiger partial charge in [0.05, 0.1) is 24.1 Å². The van der Waals surface area contributed by atoms with Gasteiger partial charge in [0.1, 0.15) is 0 Å². The Morgan fingerprint density at radius 3 is 2.48 bits per heavy atom. The Hall–Kier alpha value is -1.43. The van der Waals surface area contributed by atoms with E-state index in [0.29, 0.717) is 6.61 Å². The second-order valence-electron chi connectivity index (χ2n) is 12.6. The molecule has 2 N–H and O–H groups in total. The molecule has 5 fully saturated rings. The van der Waals surface area contributed by atoms with Crippen molar-refractivity contribution in [2.45, 2.75) is 104 Å². The molecule has 5 aliphatic rings. The third kappa shape index (κ3) is 3.18. The van der Waals surface area contributed by atoms with Crippen molar-refractivity contribution in [1.29, 1.82) is 0 Å². The molecule has 0 radical (unpaired) electrons. The molecule has 0 aromatic heterocycles. The molecule has 6 nitrogen and oxygen atoms in total. The van der Waals surface area contributed by atoms with E-state index in [-0.39, 0.29) is 57.8 Å². The van der Waals surface area contributed by atoms with Gasteiger partial charge in [-0.3, -0.25) is 14.4 Å². The number of carbonyl (C=O) groups excluding carboxylic acids is 3. The number of ketones is 1. The van der Waals surface area contributed by atoms with Gasteiger partial charge < -0.3 is 15.4 Å². The molecule has 1 heterocycles. The van der Waals surface area contributed by atoms with Gasteiger partial charge in [0.15, 0.2) is 5.78 Å². The summed E-state index contributed by atoms with van der Waals surface area (Å²) < 4.78 is 5.56. The van der Waals surface area contributed by atoms with Crippen molar-refractivity contribution in [2.24, 2.45) is 33.5 Å². The molecule has 0 unspecified atom stereocenters. The number of amides is 1. The fourth-order valence-corrected chi connectivity index (χ4v) is 9.45. The maximum absolute atomic E-state index is 14.2. The Morgan fingerprint density at radius 1 is 1.03 bits per heavy atom. The summed E-state index contributed by atoms with van der Waals surface area (Å²) in [6.45, 7) is 9.88. The van der Waals surface area contributed by atoms with Crippen molar-refractivity contribution in [3.63, 3.8) is 0 Å². The first-order valence-corrected chi connectivity index (χ1v) is 13.4. The smallest absolute Gasteiger partial charge is 0.312 e. The van der Waals surface area contributed by atoms with Gasteiger partial charge in [0.25, 0.3) is 0 Å². The van der Waals surface area contributed by atoms with Gasteiger partial charge in [0, 0.05) is 5.41 Å². The van der Waals surface area contributed by atoms with Gasteiger partial charge in [-0.05, 0) is 101 Å². The summed E-state index contributed by atoms with van der Waals surface area (Å²) in [5.74, 6) is 0.762. The van der Waals surface area contributed by atoms with Crippen molar-refractivity contribution in [2.75, 3.05) is 13.2 Å². The van der Waals surface area contributed by atoms with E-state index in [0.717, 1.165) is 70.8 Å². The number of esters is 1. The molecule has 0 aromatic rings. The Morgan fingerprint density at radius 2 is 1.79 bits per heavy atom. The lowest BCUT2D eigenvalue weighted by atomic mass is 9.40. The van der Waals surface area contributed by atoms with E-state index in [2.05, 4.69) is 31.4 Å². The van der Waals surface area contributed by atoms with Crippen molar-refractivity contribution < 1.29 is 19.1 Å². The molecule has 0 aromatic carbocycles. The van der Waals surface area contributed by atoms with Gasteiger partial charge in [0.2, 0.25) is 5.91 Å². The molecule has 4 aliphatic carbocycles. The van der Waals surface area contributed by atoms with Crippen LogP contribution in [0.5, 0.6) is 0 Å². The van der Waals surface area contributed by atoms with Crippen LogP contribution in [0, 0.1) is 33.5 Å². The van der Waals surface area contributed by atoms with Crippen LogP contribution in [0.3, 0.4) is 0 Å². The predicted molar refractivity (Wildman–Crippen MR) is 125 cm³/mol. The summed E-state index contributed by atoms with van der Waals surface area (Å²) in [6, 6.07) is -0.537. The summed E-state index contributed by atoms with van der Waals surface area (Å²) >= 11 is 0. The lowest BCUT2D eigenvalue weighted by molar-refractivity contribution is -0.188. The topological polar surface area (TPSA) is 84.5 Å². The zero-order chi connectivity index (χ0) is 23.6. The number of nitrogens with one attached hydrogen (secondary N) is 2. The van der Waals surface area contributed by atoms with E-state index in [1.165, 1.54) is 0 Å². The normalized spacial score (nSPS) is 48.7. The first-order chi connectivity index (χ1) is 15.6. The minimum absolute atomic E-state index is 0.0000234. The highest BCUT2D eigenvalue weighted by molar-refractivity contribution is 5.98. The molecule has 8 atom stereocenters. The minimum Gasteiger partial charge on any atom is -0.466 e. The van der Waals surface area contributed by atoms with E-state index >= 15 is 0 Å². The number of hydrogen-bond donors (Lipinski definition) is 2. The molecule has 1 spiro atoms. The monoisotopic (exact) mass is 458 g/mol. The summed E-state index contributed by atoms with van der Waals surface area (Å²) in [5, 5.41) is 6.50. The molecular weight excluding hydrogens is 416 g/mol. The molecule has 2 bridgehead atoms. The third-order valence-corrected chi connectivity index (χ3v) is 10.9. The van der Waals surface area contributed by atoms with Gasteiger partial charge in [-0.15, -0.1) is 0 Å². The van der Waals surface area contributed by atoms with Crippen LogP contribution in [0.1, 0.15) is 91.9 Å². The maximum Gasteiger partial charge on any atom is 0.312 e.